The number of hydrogen-bond acceptors (Lipinski definition) is 8. The van der Waals surface area contributed by atoms with Gasteiger partial charge in [-0.3, -0.25) is 0 Å². The van der Waals surface area contributed by atoms with E-state index >= 15 is 0 Å². The van der Waals surface area contributed by atoms with Gasteiger partial charge in [0.2, 0.25) is 0 Å². The normalized spacial score (nSPS) is 10.7. The van der Waals surface area contributed by atoms with Gasteiger partial charge in [0, 0.05) is 45.1 Å². The second-order valence-electron chi connectivity index (χ2n) is 6.03. The van der Waals surface area contributed by atoms with Crippen molar-refractivity contribution in [3.05, 3.63) is 24.3 Å². The molecule has 0 heterocycles. The summed E-state index contributed by atoms with van der Waals surface area (Å²) in [6.07, 6.45) is 0.640. The molecule has 0 N–H and O–H groups in total. The number of carbonyl (C=O) groups excluding carboxylic acids is 2. The zero-order chi connectivity index (χ0) is 21.5. The lowest BCUT2D eigenvalue weighted by atomic mass is 10.4. The van der Waals surface area contributed by atoms with Crippen molar-refractivity contribution in [1.29, 1.82) is 0 Å². The number of hydrogen-bond donors (Lipinski definition) is 0. The highest BCUT2D eigenvalue weighted by molar-refractivity contribution is 6.60. The first-order chi connectivity index (χ1) is 12.5. The minimum atomic E-state index is -2.53. The summed E-state index contributed by atoms with van der Waals surface area (Å²) in [5, 5.41) is 0. The van der Waals surface area contributed by atoms with Crippen molar-refractivity contribution >= 4 is 20.7 Å². The molecule has 0 spiro atoms. The van der Waals surface area contributed by atoms with Crippen LogP contribution in [0.3, 0.4) is 0 Å². The molecule has 158 valence electrons. The van der Waals surface area contributed by atoms with Gasteiger partial charge in [0.1, 0.15) is 6.61 Å². The standard InChI is InChI=1S/C10H20O5Si.C8H15NO2/c1-9(2)10(11)15-7-6-8-16(12-3,13-4)14-5;1-7(2)8(10)11-6-5-9(3)4/h1,6-8H2,2-5H3;1,5-6H2,2-4H3. The van der Waals surface area contributed by atoms with Gasteiger partial charge in [-0.2, -0.15) is 0 Å². The predicted octanol–water partition coefficient (Wildman–Crippen LogP) is 2.04. The van der Waals surface area contributed by atoms with Gasteiger partial charge < -0.3 is 27.7 Å². The fraction of sp³-hybridized carbons (Fsp3) is 0.667. The van der Waals surface area contributed by atoms with Gasteiger partial charge in [0.25, 0.3) is 0 Å². The van der Waals surface area contributed by atoms with Crippen molar-refractivity contribution < 1.29 is 32.3 Å². The summed E-state index contributed by atoms with van der Waals surface area (Å²) in [7, 11) is 5.98. The molecule has 0 aliphatic carbocycles. The summed E-state index contributed by atoms with van der Waals surface area (Å²) in [6.45, 7) is 11.7. The zero-order valence-electron chi connectivity index (χ0n) is 17.8. The number of ether oxygens (including phenoxy) is 2. The SMILES string of the molecule is C=C(C)C(=O)OCCC[Si](OC)(OC)OC.C=C(C)C(=O)OCCN(C)C. The number of esters is 2. The van der Waals surface area contributed by atoms with Crippen molar-refractivity contribution in [3.63, 3.8) is 0 Å². The molecular formula is C18H35NO7Si. The van der Waals surface area contributed by atoms with Crippen molar-refractivity contribution in [2.24, 2.45) is 0 Å². The van der Waals surface area contributed by atoms with Gasteiger partial charge >= 0.3 is 20.7 Å². The number of carbonyl (C=O) groups is 2. The maximum absolute atomic E-state index is 11.1. The van der Waals surface area contributed by atoms with Crippen LogP contribution in [0.1, 0.15) is 20.3 Å². The smallest absolute Gasteiger partial charge is 0.462 e. The molecule has 0 aromatic carbocycles. The average Bonchev–Trinajstić information content (AvgIpc) is 2.62. The Morgan fingerprint density at radius 3 is 1.59 bits per heavy atom. The summed E-state index contributed by atoms with van der Waals surface area (Å²) in [5.74, 6) is -0.689. The van der Waals surface area contributed by atoms with Gasteiger partial charge in [-0.15, -0.1) is 0 Å². The second-order valence-corrected chi connectivity index (χ2v) is 9.13. The van der Waals surface area contributed by atoms with Crippen LogP contribution in [0.25, 0.3) is 0 Å². The van der Waals surface area contributed by atoms with Crippen LogP contribution in [-0.4, -0.2) is 80.8 Å². The highest BCUT2D eigenvalue weighted by Crippen LogP contribution is 2.14. The lowest BCUT2D eigenvalue weighted by Gasteiger charge is -2.24. The molecule has 0 rings (SSSR count). The van der Waals surface area contributed by atoms with Crippen LogP contribution in [-0.2, 0) is 32.3 Å². The Balaban J connectivity index is 0. The molecule has 27 heavy (non-hydrogen) atoms. The van der Waals surface area contributed by atoms with Gasteiger partial charge in [-0.25, -0.2) is 9.59 Å². The van der Waals surface area contributed by atoms with Crippen LogP contribution >= 0.6 is 0 Å². The molecule has 0 radical (unpaired) electrons. The van der Waals surface area contributed by atoms with E-state index in [0.717, 1.165) is 6.54 Å². The first-order valence-electron chi connectivity index (χ1n) is 8.50. The van der Waals surface area contributed by atoms with Crippen LogP contribution in [0.2, 0.25) is 6.04 Å². The first-order valence-corrected chi connectivity index (χ1v) is 10.4. The molecule has 0 aliphatic heterocycles. The Morgan fingerprint density at radius 1 is 0.852 bits per heavy atom. The number of nitrogens with zero attached hydrogens (tertiary/aromatic N) is 1. The summed E-state index contributed by atoms with van der Waals surface area (Å²) in [4.78, 5) is 23.8. The third-order valence-electron chi connectivity index (χ3n) is 3.26. The predicted molar refractivity (Wildman–Crippen MR) is 106 cm³/mol. The number of rotatable bonds is 12. The Morgan fingerprint density at radius 2 is 1.26 bits per heavy atom. The van der Waals surface area contributed by atoms with E-state index in [1.807, 2.05) is 19.0 Å². The van der Waals surface area contributed by atoms with E-state index in [0.29, 0.717) is 36.8 Å². The molecule has 0 aromatic rings. The molecule has 0 aliphatic rings. The largest absolute Gasteiger partial charge is 0.500 e. The van der Waals surface area contributed by atoms with E-state index in [1.165, 1.54) is 0 Å². The van der Waals surface area contributed by atoms with Crippen molar-refractivity contribution in [2.45, 2.75) is 26.3 Å². The summed E-state index contributed by atoms with van der Waals surface area (Å²) < 4.78 is 25.5. The molecule has 0 aromatic heterocycles. The van der Waals surface area contributed by atoms with Crippen LogP contribution < -0.4 is 0 Å². The third kappa shape index (κ3) is 14.2. The maximum Gasteiger partial charge on any atom is 0.500 e. The fourth-order valence-electron chi connectivity index (χ4n) is 1.58. The highest BCUT2D eigenvalue weighted by atomic mass is 28.4. The molecule has 0 saturated heterocycles. The average molecular weight is 406 g/mol. The molecule has 9 heteroatoms. The maximum atomic E-state index is 11.1. The molecule has 0 saturated carbocycles. The van der Waals surface area contributed by atoms with E-state index in [2.05, 4.69) is 13.2 Å². The lowest BCUT2D eigenvalue weighted by Crippen LogP contribution is -2.42. The van der Waals surface area contributed by atoms with Crippen molar-refractivity contribution in [1.82, 2.24) is 4.90 Å². The lowest BCUT2D eigenvalue weighted by molar-refractivity contribution is -0.140. The Labute approximate surface area is 164 Å². The van der Waals surface area contributed by atoms with Crippen LogP contribution in [0.4, 0.5) is 0 Å². The summed E-state index contributed by atoms with van der Waals surface area (Å²) in [5.41, 5.74) is 0.845. The van der Waals surface area contributed by atoms with Gasteiger partial charge in [-0.1, -0.05) is 13.2 Å². The molecule has 0 fully saturated rings. The quantitative estimate of drug-likeness (QED) is 0.211. The molecule has 8 nitrogen and oxygen atoms in total. The molecule has 0 bridgehead atoms. The Hall–Kier alpha value is -1.52. The van der Waals surface area contributed by atoms with Crippen LogP contribution in [0.5, 0.6) is 0 Å². The van der Waals surface area contributed by atoms with E-state index in [4.69, 9.17) is 22.8 Å². The monoisotopic (exact) mass is 405 g/mol. The minimum absolute atomic E-state index is 0.313. The number of likely N-dealkylation sites (N-methyl/N-ethyl adjacent to an activating group) is 1. The van der Waals surface area contributed by atoms with E-state index in [1.54, 1.807) is 35.2 Å². The van der Waals surface area contributed by atoms with Gasteiger partial charge in [-0.05, 0) is 34.4 Å². The van der Waals surface area contributed by atoms with Crippen LogP contribution in [0, 0.1) is 0 Å². The first kappa shape index (κ1) is 27.7. The molecule has 0 unspecified atom stereocenters. The summed E-state index contributed by atoms with van der Waals surface area (Å²) >= 11 is 0. The molecular weight excluding hydrogens is 370 g/mol. The summed E-state index contributed by atoms with van der Waals surface area (Å²) in [6, 6.07) is 0.611. The van der Waals surface area contributed by atoms with Crippen molar-refractivity contribution in [3.8, 4) is 0 Å². The minimum Gasteiger partial charge on any atom is -0.462 e. The topological polar surface area (TPSA) is 83.5 Å². The zero-order valence-corrected chi connectivity index (χ0v) is 18.8. The fourth-order valence-corrected chi connectivity index (χ4v) is 3.27. The van der Waals surface area contributed by atoms with E-state index in [-0.39, 0.29) is 11.9 Å². The Kier molecular flexibility index (Phi) is 15.9. The molecule has 0 amide bonds. The third-order valence-corrected chi connectivity index (χ3v) is 6.09. The van der Waals surface area contributed by atoms with Crippen molar-refractivity contribution in [2.75, 3.05) is 55.2 Å². The Bertz CT molecular complexity index is 468. The molecule has 0 atom stereocenters. The van der Waals surface area contributed by atoms with Gasteiger partial charge in [0.15, 0.2) is 0 Å². The van der Waals surface area contributed by atoms with Gasteiger partial charge in [0.05, 0.1) is 6.61 Å². The van der Waals surface area contributed by atoms with Crippen LogP contribution in [0.15, 0.2) is 24.3 Å². The van der Waals surface area contributed by atoms with E-state index < -0.39 is 8.80 Å². The van der Waals surface area contributed by atoms with E-state index in [9.17, 15) is 9.59 Å². The highest BCUT2D eigenvalue weighted by Gasteiger charge is 2.36. The second kappa shape index (κ2) is 15.5.